The van der Waals surface area contributed by atoms with E-state index in [0.717, 1.165) is 4.90 Å². The van der Waals surface area contributed by atoms with E-state index in [9.17, 15) is 19.2 Å². The van der Waals surface area contributed by atoms with Crippen molar-refractivity contribution in [2.75, 3.05) is 17.3 Å². The summed E-state index contributed by atoms with van der Waals surface area (Å²) in [5.74, 6) is -1.02. The Morgan fingerprint density at radius 3 is 2.30 bits per heavy atom. The van der Waals surface area contributed by atoms with Crippen LogP contribution in [0.1, 0.15) is 22.3 Å². The standard InChI is InChI=1S/C33H25Cl2N3O5S/c1-43-24-14-12-23(13-15-24)38-29(39)19-28(33(38)42)44-25-16-10-22(11-17-25)36-32(41)27(18-21-8-5-9-26(34)30(21)35)37-31(40)20-6-3-2-4-7-20/h2-18,28H,19H2,1H3,(H,36,41)(H,37,40)/b27-18-. The topological polar surface area (TPSA) is 105 Å². The fraction of sp³-hybridized carbons (Fsp3) is 0.0909. The number of ether oxygens (including phenoxy) is 1. The van der Waals surface area contributed by atoms with Crippen LogP contribution >= 0.6 is 35.0 Å². The fourth-order valence-corrected chi connectivity index (χ4v) is 5.82. The van der Waals surface area contributed by atoms with E-state index >= 15 is 0 Å². The Bertz CT molecular complexity index is 1750. The van der Waals surface area contributed by atoms with Crippen molar-refractivity contribution < 1.29 is 23.9 Å². The van der Waals surface area contributed by atoms with Crippen LogP contribution < -0.4 is 20.3 Å². The van der Waals surface area contributed by atoms with Gasteiger partial charge in [-0.2, -0.15) is 0 Å². The zero-order valence-corrected chi connectivity index (χ0v) is 25.6. The number of nitrogens with zero attached hydrogens (tertiary/aromatic N) is 1. The van der Waals surface area contributed by atoms with Crippen molar-refractivity contribution in [2.45, 2.75) is 16.6 Å². The van der Waals surface area contributed by atoms with Crippen molar-refractivity contribution in [3.05, 3.63) is 124 Å². The number of nitrogens with one attached hydrogen (secondary N) is 2. The van der Waals surface area contributed by atoms with E-state index in [2.05, 4.69) is 10.6 Å². The lowest BCUT2D eigenvalue weighted by Gasteiger charge is -2.15. The Balaban J connectivity index is 1.29. The Morgan fingerprint density at radius 2 is 1.61 bits per heavy atom. The minimum atomic E-state index is -0.588. The highest BCUT2D eigenvalue weighted by Gasteiger charge is 2.40. The highest BCUT2D eigenvalue weighted by atomic mass is 35.5. The number of imide groups is 1. The highest BCUT2D eigenvalue weighted by molar-refractivity contribution is 8.00. The molecule has 0 bridgehead atoms. The average Bonchev–Trinajstić information content (AvgIpc) is 3.32. The van der Waals surface area contributed by atoms with E-state index in [1.165, 1.54) is 22.7 Å². The van der Waals surface area contributed by atoms with E-state index in [4.69, 9.17) is 27.9 Å². The first kappa shape index (κ1) is 30.9. The molecule has 11 heteroatoms. The van der Waals surface area contributed by atoms with Crippen molar-refractivity contribution in [1.82, 2.24) is 5.32 Å². The molecule has 1 saturated heterocycles. The SMILES string of the molecule is COc1ccc(N2C(=O)CC(Sc3ccc(NC(=O)/C(=C/c4cccc(Cl)c4Cl)NC(=O)c4ccccc4)cc3)C2=O)cc1. The van der Waals surface area contributed by atoms with Gasteiger partial charge >= 0.3 is 0 Å². The number of benzene rings is 4. The molecule has 8 nitrogen and oxygen atoms in total. The van der Waals surface area contributed by atoms with E-state index in [-0.39, 0.29) is 29.0 Å². The normalized spacial score (nSPS) is 14.8. The molecule has 2 N–H and O–H groups in total. The van der Waals surface area contributed by atoms with Crippen LogP contribution in [0.2, 0.25) is 10.0 Å². The van der Waals surface area contributed by atoms with Crippen LogP contribution in [0.15, 0.2) is 108 Å². The van der Waals surface area contributed by atoms with Crippen LogP contribution in [0.5, 0.6) is 5.75 Å². The zero-order chi connectivity index (χ0) is 31.2. The van der Waals surface area contributed by atoms with Gasteiger partial charge in [-0.3, -0.25) is 19.2 Å². The van der Waals surface area contributed by atoms with E-state index in [1.807, 2.05) is 0 Å². The summed E-state index contributed by atoms with van der Waals surface area (Å²) in [6.45, 7) is 0. The van der Waals surface area contributed by atoms with Crippen molar-refractivity contribution in [3.63, 3.8) is 0 Å². The van der Waals surface area contributed by atoms with Gasteiger partial charge in [0, 0.05) is 22.6 Å². The number of carbonyl (C=O) groups is 4. The van der Waals surface area contributed by atoms with Gasteiger partial charge in [-0.15, -0.1) is 11.8 Å². The van der Waals surface area contributed by atoms with Crippen molar-refractivity contribution in [3.8, 4) is 5.75 Å². The predicted octanol–water partition coefficient (Wildman–Crippen LogP) is 6.84. The highest BCUT2D eigenvalue weighted by Crippen LogP contribution is 2.35. The van der Waals surface area contributed by atoms with Crippen molar-refractivity contribution in [1.29, 1.82) is 0 Å². The quantitative estimate of drug-likeness (QED) is 0.153. The number of halogens is 2. The molecule has 0 aromatic heterocycles. The maximum absolute atomic E-state index is 13.4. The van der Waals surface area contributed by atoms with Crippen LogP contribution in [0.3, 0.4) is 0 Å². The Labute approximate surface area is 268 Å². The third kappa shape index (κ3) is 7.14. The van der Waals surface area contributed by atoms with E-state index in [1.54, 1.807) is 104 Å². The summed E-state index contributed by atoms with van der Waals surface area (Å²) in [4.78, 5) is 54.0. The number of hydrogen-bond donors (Lipinski definition) is 2. The summed E-state index contributed by atoms with van der Waals surface area (Å²) in [6, 6.07) is 27.0. The largest absolute Gasteiger partial charge is 0.497 e. The second kappa shape index (κ2) is 13.8. The van der Waals surface area contributed by atoms with Crippen LogP contribution in [0, 0.1) is 0 Å². The van der Waals surface area contributed by atoms with Gasteiger partial charge < -0.3 is 15.4 Å². The average molecular weight is 647 g/mol. The van der Waals surface area contributed by atoms with Gasteiger partial charge in [0.15, 0.2) is 0 Å². The molecule has 4 aromatic carbocycles. The second-order valence-electron chi connectivity index (χ2n) is 9.58. The Morgan fingerprint density at radius 1 is 0.909 bits per heavy atom. The first-order valence-electron chi connectivity index (χ1n) is 13.3. The zero-order valence-electron chi connectivity index (χ0n) is 23.3. The lowest BCUT2D eigenvalue weighted by molar-refractivity contribution is -0.121. The molecule has 4 amide bonds. The number of carbonyl (C=O) groups excluding carboxylic acids is 4. The molecule has 0 spiro atoms. The first-order chi connectivity index (χ1) is 21.2. The van der Waals surface area contributed by atoms with Crippen LogP contribution in [-0.2, 0) is 14.4 Å². The van der Waals surface area contributed by atoms with Gasteiger partial charge in [-0.05, 0) is 78.4 Å². The van der Waals surface area contributed by atoms with E-state index < -0.39 is 17.1 Å². The minimum Gasteiger partial charge on any atom is -0.497 e. The van der Waals surface area contributed by atoms with E-state index in [0.29, 0.717) is 33.3 Å². The predicted molar refractivity (Wildman–Crippen MR) is 173 cm³/mol. The van der Waals surface area contributed by atoms with Crippen molar-refractivity contribution in [2.24, 2.45) is 0 Å². The number of rotatable bonds is 9. The number of hydrogen-bond acceptors (Lipinski definition) is 6. The van der Waals surface area contributed by atoms with Gasteiger partial charge in [0.05, 0.1) is 28.1 Å². The molecule has 44 heavy (non-hydrogen) atoms. The molecule has 1 fully saturated rings. The van der Waals surface area contributed by atoms with Crippen LogP contribution in [0.25, 0.3) is 6.08 Å². The van der Waals surface area contributed by atoms with Crippen LogP contribution in [-0.4, -0.2) is 36.0 Å². The lowest BCUT2D eigenvalue weighted by atomic mass is 10.1. The Hall–Kier alpha value is -4.57. The molecule has 4 aromatic rings. The molecule has 1 unspecified atom stereocenters. The van der Waals surface area contributed by atoms with Gasteiger partial charge in [0.2, 0.25) is 11.8 Å². The summed E-state index contributed by atoms with van der Waals surface area (Å²) >= 11 is 13.8. The third-order valence-electron chi connectivity index (χ3n) is 6.64. The fourth-order valence-electron chi connectivity index (χ4n) is 4.41. The maximum Gasteiger partial charge on any atom is 0.272 e. The first-order valence-corrected chi connectivity index (χ1v) is 15.0. The summed E-state index contributed by atoms with van der Waals surface area (Å²) in [5, 5.41) is 5.40. The lowest BCUT2D eigenvalue weighted by Crippen LogP contribution is -2.31. The van der Waals surface area contributed by atoms with Crippen LogP contribution in [0.4, 0.5) is 11.4 Å². The number of amides is 4. The molecule has 5 rings (SSSR count). The van der Waals surface area contributed by atoms with Crippen molar-refractivity contribution >= 4 is 76.0 Å². The number of methoxy groups -OCH3 is 1. The second-order valence-corrected chi connectivity index (χ2v) is 11.6. The number of thioether (sulfide) groups is 1. The Kier molecular flexibility index (Phi) is 9.69. The molecule has 0 saturated carbocycles. The molecule has 1 aliphatic rings. The summed E-state index contributed by atoms with van der Waals surface area (Å²) in [6.07, 6.45) is 1.52. The van der Waals surface area contributed by atoms with Gasteiger partial charge in [-0.25, -0.2) is 4.90 Å². The van der Waals surface area contributed by atoms with Gasteiger partial charge in [-0.1, -0.05) is 53.5 Å². The maximum atomic E-state index is 13.4. The molecule has 1 atom stereocenters. The molecule has 0 aliphatic carbocycles. The molecule has 1 heterocycles. The monoisotopic (exact) mass is 645 g/mol. The molecular weight excluding hydrogens is 621 g/mol. The molecular formula is C33H25Cl2N3O5S. The molecule has 0 radical (unpaired) electrons. The minimum absolute atomic E-state index is 0.0461. The summed E-state index contributed by atoms with van der Waals surface area (Å²) in [5.41, 5.74) is 1.71. The third-order valence-corrected chi connectivity index (χ3v) is 8.67. The molecule has 1 aliphatic heterocycles. The van der Waals surface area contributed by atoms with Gasteiger partial charge in [0.25, 0.3) is 11.8 Å². The summed E-state index contributed by atoms with van der Waals surface area (Å²) in [7, 11) is 1.54. The number of anilines is 2. The summed E-state index contributed by atoms with van der Waals surface area (Å²) < 4.78 is 5.15. The molecule has 222 valence electrons. The van der Waals surface area contributed by atoms with Gasteiger partial charge in [0.1, 0.15) is 11.4 Å². The smallest absolute Gasteiger partial charge is 0.272 e.